The molecule has 1 aromatic heterocycles. The van der Waals surface area contributed by atoms with Crippen LogP contribution in [-0.4, -0.2) is 30.7 Å². The van der Waals surface area contributed by atoms with Crippen molar-refractivity contribution in [1.29, 1.82) is 10.5 Å². The number of ether oxygens (including phenoxy) is 3. The second-order valence-electron chi connectivity index (χ2n) is 7.44. The molecule has 2 heterocycles. The summed E-state index contributed by atoms with van der Waals surface area (Å²) in [7, 11) is 0. The highest BCUT2D eigenvalue weighted by molar-refractivity contribution is 7.98. The Morgan fingerprint density at radius 1 is 1.06 bits per heavy atom. The van der Waals surface area contributed by atoms with Crippen LogP contribution in [0.2, 0.25) is 0 Å². The van der Waals surface area contributed by atoms with Crippen LogP contribution in [0.4, 0.5) is 19.0 Å². The standard InChI is InChI=1S/C24H17F3N4O3S/c25-24(26,27)34-17-3-1-2-14(8-17)13-35-23-20(10-29)21(19(9-28)22(30)31-23)15-4-6-16(7-5-15)33-18-11-32-12-18/h1-8,18H,11-13H2,(H2,30,31). The van der Waals surface area contributed by atoms with Crippen LogP contribution in [0.5, 0.6) is 11.5 Å². The quantitative estimate of drug-likeness (QED) is 0.451. The predicted molar refractivity (Wildman–Crippen MR) is 121 cm³/mol. The van der Waals surface area contributed by atoms with E-state index in [0.29, 0.717) is 35.7 Å². The monoisotopic (exact) mass is 498 g/mol. The van der Waals surface area contributed by atoms with Crippen molar-refractivity contribution >= 4 is 17.6 Å². The number of hydrogen-bond acceptors (Lipinski definition) is 8. The maximum Gasteiger partial charge on any atom is 0.573 e. The van der Waals surface area contributed by atoms with Crippen LogP contribution in [0.25, 0.3) is 11.1 Å². The number of thioether (sulfide) groups is 1. The van der Waals surface area contributed by atoms with Crippen LogP contribution in [0.1, 0.15) is 16.7 Å². The van der Waals surface area contributed by atoms with E-state index in [-0.39, 0.29) is 39.6 Å². The van der Waals surface area contributed by atoms with E-state index in [2.05, 4.69) is 15.8 Å². The Bertz CT molecular complexity index is 1310. The van der Waals surface area contributed by atoms with Crippen LogP contribution in [0.15, 0.2) is 53.6 Å². The van der Waals surface area contributed by atoms with E-state index in [1.54, 1.807) is 30.3 Å². The van der Waals surface area contributed by atoms with Crippen LogP contribution in [0, 0.1) is 22.7 Å². The molecule has 7 nitrogen and oxygen atoms in total. The van der Waals surface area contributed by atoms with Gasteiger partial charge in [0.2, 0.25) is 0 Å². The lowest BCUT2D eigenvalue weighted by molar-refractivity contribution is -0.274. The van der Waals surface area contributed by atoms with Crippen molar-refractivity contribution in [3.8, 4) is 34.8 Å². The first kappa shape index (κ1) is 24.2. The number of anilines is 1. The van der Waals surface area contributed by atoms with Gasteiger partial charge in [0.05, 0.1) is 18.8 Å². The van der Waals surface area contributed by atoms with Gasteiger partial charge < -0.3 is 19.9 Å². The van der Waals surface area contributed by atoms with Gasteiger partial charge in [-0.15, -0.1) is 24.9 Å². The third-order valence-corrected chi connectivity index (χ3v) is 6.02. The van der Waals surface area contributed by atoms with Crippen molar-refractivity contribution in [1.82, 2.24) is 4.98 Å². The first-order valence-corrected chi connectivity index (χ1v) is 11.2. The Kier molecular flexibility index (Phi) is 7.01. The Morgan fingerprint density at radius 3 is 2.37 bits per heavy atom. The normalized spacial score (nSPS) is 13.4. The zero-order valence-corrected chi connectivity index (χ0v) is 18.8. The fourth-order valence-electron chi connectivity index (χ4n) is 3.35. The highest BCUT2D eigenvalue weighted by Gasteiger charge is 2.31. The number of pyridine rings is 1. The fourth-order valence-corrected chi connectivity index (χ4v) is 4.29. The summed E-state index contributed by atoms with van der Waals surface area (Å²) in [5, 5.41) is 19.9. The minimum atomic E-state index is -4.80. The van der Waals surface area contributed by atoms with Gasteiger partial charge in [-0.3, -0.25) is 0 Å². The fraction of sp³-hybridized carbons (Fsp3) is 0.208. The van der Waals surface area contributed by atoms with Crippen molar-refractivity contribution in [2.45, 2.75) is 23.2 Å². The summed E-state index contributed by atoms with van der Waals surface area (Å²) in [6, 6.07) is 16.5. The van der Waals surface area contributed by atoms with E-state index in [9.17, 15) is 23.7 Å². The molecule has 3 aromatic rings. The highest BCUT2D eigenvalue weighted by Crippen LogP contribution is 2.37. The number of nitriles is 2. The Hall–Kier alpha value is -3.93. The van der Waals surface area contributed by atoms with Crippen molar-refractivity contribution in [2.24, 2.45) is 0 Å². The Labute approximate surface area is 202 Å². The second kappa shape index (κ2) is 10.1. The molecular weight excluding hydrogens is 481 g/mol. The summed E-state index contributed by atoms with van der Waals surface area (Å²) < 4.78 is 52.4. The molecule has 1 fully saturated rings. The maximum atomic E-state index is 12.5. The number of rotatable bonds is 7. The summed E-state index contributed by atoms with van der Waals surface area (Å²) in [5.41, 5.74) is 7.67. The Morgan fingerprint density at radius 2 is 1.77 bits per heavy atom. The molecular formula is C24H17F3N4O3S. The minimum Gasteiger partial charge on any atom is -0.486 e. The third-order valence-electron chi connectivity index (χ3n) is 4.98. The molecule has 0 radical (unpaired) electrons. The molecule has 0 aliphatic carbocycles. The average Bonchev–Trinajstić information content (AvgIpc) is 2.79. The van der Waals surface area contributed by atoms with Gasteiger partial charge in [0.15, 0.2) is 0 Å². The first-order chi connectivity index (χ1) is 16.8. The van der Waals surface area contributed by atoms with E-state index in [0.717, 1.165) is 11.8 Å². The van der Waals surface area contributed by atoms with Gasteiger partial charge >= 0.3 is 6.36 Å². The zero-order chi connectivity index (χ0) is 25.0. The molecule has 35 heavy (non-hydrogen) atoms. The van der Waals surface area contributed by atoms with Gasteiger partial charge in [-0.05, 0) is 35.4 Å². The molecule has 2 N–H and O–H groups in total. The van der Waals surface area contributed by atoms with Crippen molar-refractivity contribution in [3.05, 3.63) is 65.2 Å². The summed E-state index contributed by atoms with van der Waals surface area (Å²) in [6.45, 7) is 1.04. The SMILES string of the molecule is N#Cc1c(N)nc(SCc2cccc(OC(F)(F)F)c2)c(C#N)c1-c1ccc(OC2COC2)cc1. The molecule has 11 heteroatoms. The van der Waals surface area contributed by atoms with E-state index in [4.69, 9.17) is 15.2 Å². The third kappa shape index (κ3) is 5.77. The first-order valence-electron chi connectivity index (χ1n) is 10.2. The van der Waals surface area contributed by atoms with Gasteiger partial charge in [0, 0.05) is 11.3 Å². The zero-order valence-electron chi connectivity index (χ0n) is 18.0. The number of nitrogens with zero attached hydrogens (tertiary/aromatic N) is 3. The maximum absolute atomic E-state index is 12.5. The molecule has 178 valence electrons. The number of aromatic nitrogens is 1. The van der Waals surface area contributed by atoms with E-state index >= 15 is 0 Å². The molecule has 0 amide bonds. The lowest BCUT2D eigenvalue weighted by Gasteiger charge is -2.26. The molecule has 0 unspecified atom stereocenters. The molecule has 1 aliphatic heterocycles. The van der Waals surface area contributed by atoms with Crippen LogP contribution < -0.4 is 15.2 Å². The largest absolute Gasteiger partial charge is 0.573 e. The summed E-state index contributed by atoms with van der Waals surface area (Å²) in [6.07, 6.45) is -4.81. The van der Waals surface area contributed by atoms with Crippen LogP contribution >= 0.6 is 11.8 Å². The average molecular weight is 498 g/mol. The molecule has 0 atom stereocenters. The molecule has 1 aliphatic rings. The number of benzene rings is 2. The second-order valence-corrected chi connectivity index (χ2v) is 8.40. The van der Waals surface area contributed by atoms with Gasteiger partial charge in [-0.1, -0.05) is 24.3 Å². The smallest absolute Gasteiger partial charge is 0.486 e. The van der Waals surface area contributed by atoms with Gasteiger partial charge in [-0.25, -0.2) is 4.98 Å². The minimum absolute atomic E-state index is 0.00945. The van der Waals surface area contributed by atoms with Crippen molar-refractivity contribution < 1.29 is 27.4 Å². The van der Waals surface area contributed by atoms with Crippen molar-refractivity contribution in [2.75, 3.05) is 18.9 Å². The number of nitrogens with two attached hydrogens (primary N) is 1. The molecule has 0 saturated carbocycles. The van der Waals surface area contributed by atoms with Gasteiger partial charge in [0.25, 0.3) is 0 Å². The molecule has 0 bridgehead atoms. The number of hydrogen-bond donors (Lipinski definition) is 1. The highest BCUT2D eigenvalue weighted by atomic mass is 32.2. The van der Waals surface area contributed by atoms with Crippen molar-refractivity contribution in [3.63, 3.8) is 0 Å². The lowest BCUT2D eigenvalue weighted by atomic mass is 9.97. The predicted octanol–water partition coefficient (Wildman–Crippen LogP) is 5.04. The molecule has 4 rings (SSSR count). The van der Waals surface area contributed by atoms with Crippen LogP contribution in [-0.2, 0) is 10.5 Å². The van der Waals surface area contributed by atoms with Crippen LogP contribution in [0.3, 0.4) is 0 Å². The van der Waals surface area contributed by atoms with E-state index in [1.165, 1.54) is 18.2 Å². The molecule has 0 spiro atoms. The lowest BCUT2D eigenvalue weighted by Crippen LogP contribution is -2.38. The van der Waals surface area contributed by atoms with Gasteiger partial charge in [0.1, 0.15) is 46.1 Å². The van der Waals surface area contributed by atoms with Gasteiger partial charge in [-0.2, -0.15) is 10.5 Å². The molecule has 1 saturated heterocycles. The molecule has 2 aromatic carbocycles. The summed E-state index contributed by atoms with van der Waals surface area (Å²) in [5.74, 6) is 0.416. The summed E-state index contributed by atoms with van der Waals surface area (Å²) in [4.78, 5) is 4.22. The number of halogens is 3. The number of alkyl halides is 3. The van der Waals surface area contributed by atoms with E-state index in [1.807, 2.05) is 6.07 Å². The number of nitrogen functional groups attached to an aromatic ring is 1. The summed E-state index contributed by atoms with van der Waals surface area (Å²) >= 11 is 1.12. The topological polar surface area (TPSA) is 114 Å². The van der Waals surface area contributed by atoms with E-state index < -0.39 is 6.36 Å². The Balaban J connectivity index is 1.63.